The third-order valence-corrected chi connectivity index (χ3v) is 5.79. The van der Waals surface area contributed by atoms with E-state index in [0.29, 0.717) is 28.8 Å². The zero-order valence-electron chi connectivity index (χ0n) is 18.4. The lowest BCUT2D eigenvalue weighted by molar-refractivity contribution is 0.0140. The summed E-state index contributed by atoms with van der Waals surface area (Å²) in [6, 6.07) is 6.15. The highest BCUT2D eigenvalue weighted by Gasteiger charge is 2.32. The Hall–Kier alpha value is -4.39. The SMILES string of the molecule is NC(=O)N1CCOCC1c1c(N)nc(-c2nn(Cc3ccccc3F)c3ncc(F)cc23)nc1N. The van der Waals surface area contributed by atoms with Crippen molar-refractivity contribution in [1.29, 1.82) is 0 Å². The Morgan fingerprint density at radius 1 is 1.17 bits per heavy atom. The van der Waals surface area contributed by atoms with Crippen molar-refractivity contribution < 1.29 is 18.3 Å². The molecular formula is C22H21F2N9O2. The zero-order valence-corrected chi connectivity index (χ0v) is 18.4. The van der Waals surface area contributed by atoms with Gasteiger partial charge in [0.1, 0.15) is 29.0 Å². The summed E-state index contributed by atoms with van der Waals surface area (Å²) in [4.78, 5) is 26.1. The third-order valence-electron chi connectivity index (χ3n) is 5.79. The van der Waals surface area contributed by atoms with E-state index in [2.05, 4.69) is 20.1 Å². The summed E-state index contributed by atoms with van der Waals surface area (Å²) in [6.45, 7) is 0.742. The largest absolute Gasteiger partial charge is 0.383 e. The predicted molar refractivity (Wildman–Crippen MR) is 123 cm³/mol. The molecule has 3 aromatic heterocycles. The number of nitrogens with zero attached hydrogens (tertiary/aromatic N) is 6. The van der Waals surface area contributed by atoms with Gasteiger partial charge in [0.15, 0.2) is 11.5 Å². The van der Waals surface area contributed by atoms with E-state index in [4.69, 9.17) is 21.9 Å². The first-order valence-electron chi connectivity index (χ1n) is 10.7. The van der Waals surface area contributed by atoms with Crippen LogP contribution in [0.2, 0.25) is 0 Å². The van der Waals surface area contributed by atoms with Crippen LogP contribution in [0.5, 0.6) is 0 Å². The van der Waals surface area contributed by atoms with Gasteiger partial charge >= 0.3 is 6.03 Å². The van der Waals surface area contributed by atoms with Crippen LogP contribution in [0.15, 0.2) is 36.5 Å². The average molecular weight is 481 g/mol. The van der Waals surface area contributed by atoms with Crippen molar-refractivity contribution in [1.82, 2.24) is 29.6 Å². The average Bonchev–Trinajstić information content (AvgIpc) is 3.17. The fourth-order valence-electron chi connectivity index (χ4n) is 4.16. The van der Waals surface area contributed by atoms with Gasteiger partial charge in [-0.1, -0.05) is 18.2 Å². The second-order valence-corrected chi connectivity index (χ2v) is 7.98. The number of carbonyl (C=O) groups is 1. The Labute approximate surface area is 197 Å². The molecule has 180 valence electrons. The van der Waals surface area contributed by atoms with Gasteiger partial charge in [-0.25, -0.2) is 33.2 Å². The van der Waals surface area contributed by atoms with Gasteiger partial charge in [-0.3, -0.25) is 0 Å². The molecule has 0 bridgehead atoms. The van der Waals surface area contributed by atoms with Gasteiger partial charge in [0.05, 0.1) is 42.9 Å². The highest BCUT2D eigenvalue weighted by Crippen LogP contribution is 2.34. The molecule has 1 saturated heterocycles. The Balaban J connectivity index is 1.61. The molecule has 35 heavy (non-hydrogen) atoms. The number of nitrogen functional groups attached to an aromatic ring is 2. The molecule has 1 aromatic carbocycles. The van der Waals surface area contributed by atoms with E-state index in [1.807, 2.05) is 0 Å². The van der Waals surface area contributed by atoms with E-state index < -0.39 is 23.7 Å². The smallest absolute Gasteiger partial charge is 0.315 e. The van der Waals surface area contributed by atoms with Crippen molar-refractivity contribution in [2.75, 3.05) is 31.2 Å². The van der Waals surface area contributed by atoms with E-state index in [1.54, 1.807) is 18.2 Å². The van der Waals surface area contributed by atoms with Crippen molar-refractivity contribution in [3.8, 4) is 11.5 Å². The van der Waals surface area contributed by atoms with Crippen LogP contribution in [0.25, 0.3) is 22.6 Å². The Bertz CT molecular complexity index is 1420. The van der Waals surface area contributed by atoms with Crippen LogP contribution in [0, 0.1) is 11.6 Å². The molecule has 1 atom stereocenters. The van der Waals surface area contributed by atoms with Crippen LogP contribution in [0.4, 0.5) is 25.2 Å². The summed E-state index contributed by atoms with van der Waals surface area (Å²) in [5.74, 6) is -0.998. The van der Waals surface area contributed by atoms with Gasteiger partial charge in [-0.2, -0.15) is 5.10 Å². The lowest BCUT2D eigenvalue weighted by Gasteiger charge is -2.35. The zero-order chi connectivity index (χ0) is 24.7. The minimum absolute atomic E-state index is 0.00424. The molecule has 4 heterocycles. The summed E-state index contributed by atoms with van der Waals surface area (Å²) in [5, 5.41) is 4.78. The number of pyridine rings is 1. The Kier molecular flexibility index (Phi) is 5.61. The number of primary amides is 1. The van der Waals surface area contributed by atoms with Gasteiger partial charge in [0.25, 0.3) is 0 Å². The molecule has 2 amide bonds. The van der Waals surface area contributed by atoms with E-state index in [-0.39, 0.29) is 42.9 Å². The number of hydrogen-bond donors (Lipinski definition) is 3. The first kappa shape index (κ1) is 22.4. The molecule has 1 aliphatic rings. The molecule has 5 rings (SSSR count). The fourth-order valence-corrected chi connectivity index (χ4v) is 4.16. The van der Waals surface area contributed by atoms with Crippen molar-refractivity contribution in [2.24, 2.45) is 5.73 Å². The van der Waals surface area contributed by atoms with Gasteiger partial charge in [0.2, 0.25) is 0 Å². The summed E-state index contributed by atoms with van der Waals surface area (Å²) in [7, 11) is 0. The first-order chi connectivity index (χ1) is 16.8. The normalized spacial score (nSPS) is 16.1. The molecule has 1 unspecified atom stereocenters. The number of aromatic nitrogens is 5. The minimum Gasteiger partial charge on any atom is -0.383 e. The molecule has 6 N–H and O–H groups in total. The van der Waals surface area contributed by atoms with Gasteiger partial charge in [-0.15, -0.1) is 0 Å². The number of ether oxygens (including phenoxy) is 1. The summed E-state index contributed by atoms with van der Waals surface area (Å²) >= 11 is 0. The first-order valence-corrected chi connectivity index (χ1v) is 10.7. The van der Waals surface area contributed by atoms with Crippen molar-refractivity contribution in [3.05, 3.63) is 59.3 Å². The van der Waals surface area contributed by atoms with Crippen LogP contribution in [-0.2, 0) is 11.3 Å². The number of carbonyl (C=O) groups excluding carboxylic acids is 1. The number of morpholine rings is 1. The second-order valence-electron chi connectivity index (χ2n) is 7.98. The number of rotatable bonds is 4. The summed E-state index contributed by atoms with van der Waals surface area (Å²) in [5.41, 5.74) is 19.1. The number of amides is 2. The number of benzene rings is 1. The maximum Gasteiger partial charge on any atom is 0.315 e. The lowest BCUT2D eigenvalue weighted by Crippen LogP contribution is -2.46. The van der Waals surface area contributed by atoms with Gasteiger partial charge < -0.3 is 26.8 Å². The van der Waals surface area contributed by atoms with E-state index in [1.165, 1.54) is 21.7 Å². The van der Waals surface area contributed by atoms with Crippen LogP contribution < -0.4 is 17.2 Å². The third kappa shape index (κ3) is 4.05. The number of urea groups is 1. The monoisotopic (exact) mass is 481 g/mol. The Morgan fingerprint density at radius 2 is 1.91 bits per heavy atom. The molecule has 1 aliphatic heterocycles. The van der Waals surface area contributed by atoms with Crippen LogP contribution in [0.1, 0.15) is 17.2 Å². The predicted octanol–water partition coefficient (Wildman–Crippen LogP) is 1.83. The van der Waals surface area contributed by atoms with Crippen LogP contribution in [0.3, 0.4) is 0 Å². The Morgan fingerprint density at radius 3 is 2.63 bits per heavy atom. The number of hydrogen-bond acceptors (Lipinski definition) is 8. The maximum atomic E-state index is 14.3. The van der Waals surface area contributed by atoms with Crippen LogP contribution >= 0.6 is 0 Å². The molecule has 11 nitrogen and oxygen atoms in total. The molecular weight excluding hydrogens is 460 g/mol. The van der Waals surface area contributed by atoms with Gasteiger partial charge in [0, 0.05) is 12.1 Å². The standard InChI is InChI=1S/C22H21F2N9O2/c23-12-7-13-17(31-33(21(13)28-8-12)9-11-3-1-2-4-14(11)24)20-29-18(25)16(19(26)30-20)15-10-35-6-5-32(15)22(27)34/h1-4,7-8,15H,5-6,9-10H2,(H2,27,34)(H4,25,26,29,30). The summed E-state index contributed by atoms with van der Waals surface area (Å²) in [6.07, 6.45) is 1.04. The molecule has 1 fully saturated rings. The number of anilines is 2. The molecule has 0 spiro atoms. The lowest BCUT2D eigenvalue weighted by atomic mass is 10.1. The molecule has 13 heteroatoms. The van der Waals surface area contributed by atoms with Crippen molar-refractivity contribution in [3.63, 3.8) is 0 Å². The van der Waals surface area contributed by atoms with E-state index in [0.717, 1.165) is 6.20 Å². The van der Waals surface area contributed by atoms with Crippen molar-refractivity contribution in [2.45, 2.75) is 12.6 Å². The fraction of sp³-hybridized carbons (Fsp3) is 0.227. The van der Waals surface area contributed by atoms with Crippen molar-refractivity contribution >= 4 is 28.7 Å². The minimum atomic E-state index is -0.662. The highest BCUT2D eigenvalue weighted by molar-refractivity contribution is 5.90. The number of nitrogens with two attached hydrogens (primary N) is 3. The summed E-state index contributed by atoms with van der Waals surface area (Å²) < 4.78 is 35.3. The quantitative estimate of drug-likeness (QED) is 0.397. The van der Waals surface area contributed by atoms with E-state index >= 15 is 0 Å². The number of halogens is 2. The van der Waals surface area contributed by atoms with Crippen LogP contribution in [-0.4, -0.2) is 55.4 Å². The molecule has 4 aromatic rings. The molecule has 0 radical (unpaired) electrons. The van der Waals surface area contributed by atoms with Gasteiger partial charge in [-0.05, 0) is 12.1 Å². The topological polar surface area (TPSA) is 164 Å². The maximum absolute atomic E-state index is 14.3. The number of fused-ring (bicyclic) bond motifs is 1. The van der Waals surface area contributed by atoms with E-state index in [9.17, 15) is 13.6 Å². The highest BCUT2D eigenvalue weighted by atomic mass is 19.1. The molecule has 0 aliphatic carbocycles. The second kappa shape index (κ2) is 8.76. The molecule has 0 saturated carbocycles.